The van der Waals surface area contributed by atoms with Crippen molar-refractivity contribution in [3.05, 3.63) is 59.7 Å². The summed E-state index contributed by atoms with van der Waals surface area (Å²) in [5, 5.41) is 17.3. The van der Waals surface area contributed by atoms with Gasteiger partial charge in [0.05, 0.1) is 9.79 Å². The molecule has 0 spiro atoms. The average Bonchev–Trinajstić information content (AvgIpc) is 2.91. The van der Waals surface area contributed by atoms with Gasteiger partial charge in [0.2, 0.25) is 0 Å². The van der Waals surface area contributed by atoms with E-state index in [0.29, 0.717) is 24.0 Å². The van der Waals surface area contributed by atoms with Crippen molar-refractivity contribution >= 4 is 20.2 Å². The molecule has 2 aromatic carbocycles. The Kier molecular flexibility index (Phi) is 22.5. The minimum Gasteiger partial charge on any atom is -0.744 e. The van der Waals surface area contributed by atoms with Gasteiger partial charge in [0.25, 0.3) is 0 Å². The molecule has 0 aliphatic carbocycles. The Morgan fingerprint density at radius 2 is 0.732 bits per heavy atom. The molecule has 41 heavy (non-hydrogen) atoms. The first kappa shape index (κ1) is 39.7. The third kappa shape index (κ3) is 18.8. The van der Waals surface area contributed by atoms with Crippen molar-refractivity contribution in [1.29, 1.82) is 0 Å². The molecular formula is C30H46CuO8S2. The van der Waals surface area contributed by atoms with E-state index in [-0.39, 0.29) is 40.1 Å². The fourth-order valence-corrected chi connectivity index (χ4v) is 6.00. The van der Waals surface area contributed by atoms with Crippen molar-refractivity contribution in [2.24, 2.45) is 0 Å². The van der Waals surface area contributed by atoms with Gasteiger partial charge >= 0.3 is 17.1 Å². The van der Waals surface area contributed by atoms with Gasteiger partial charge in [-0.05, 0) is 61.8 Å². The van der Waals surface area contributed by atoms with Crippen LogP contribution in [0.1, 0.15) is 101 Å². The van der Waals surface area contributed by atoms with Crippen LogP contribution >= 0.6 is 0 Å². The molecule has 8 nitrogen and oxygen atoms in total. The first-order valence-corrected chi connectivity index (χ1v) is 17.2. The van der Waals surface area contributed by atoms with Crippen LogP contribution < -0.4 is 0 Å². The zero-order chi connectivity index (χ0) is 29.7. The largest absolute Gasteiger partial charge is 2.00 e. The van der Waals surface area contributed by atoms with Gasteiger partial charge in [0.1, 0.15) is 20.2 Å². The molecule has 0 unspecified atom stereocenters. The topological polar surface area (TPSA) is 155 Å². The molecule has 1 radical (unpaired) electrons. The number of aryl methyl sites for hydroxylation is 2. The zero-order valence-corrected chi connectivity index (χ0v) is 26.4. The quantitative estimate of drug-likeness (QED) is 0.104. The number of hydrogen-bond donors (Lipinski definition) is 2. The van der Waals surface area contributed by atoms with Crippen molar-refractivity contribution in [3.63, 3.8) is 0 Å². The molecule has 2 N–H and O–H groups in total. The number of hydrogen-bond acceptors (Lipinski definition) is 8. The first-order chi connectivity index (χ1) is 19.1. The van der Waals surface area contributed by atoms with Gasteiger partial charge < -0.3 is 19.3 Å². The molecule has 0 heterocycles. The molecule has 2 aromatic rings. The molecular weight excluding hydrogens is 616 g/mol. The van der Waals surface area contributed by atoms with E-state index < -0.39 is 20.2 Å². The van der Waals surface area contributed by atoms with Crippen molar-refractivity contribution in [2.45, 2.75) is 113 Å². The van der Waals surface area contributed by atoms with Crippen LogP contribution in [0.25, 0.3) is 0 Å². The van der Waals surface area contributed by atoms with E-state index in [4.69, 9.17) is 10.2 Å². The van der Waals surface area contributed by atoms with Crippen LogP contribution in [0.15, 0.2) is 58.3 Å². The van der Waals surface area contributed by atoms with Crippen LogP contribution in [0, 0.1) is 0 Å². The van der Waals surface area contributed by atoms with Gasteiger partial charge in [0, 0.05) is 13.2 Å². The molecule has 0 fully saturated rings. The number of unbranched alkanes of at least 4 members (excludes halogenated alkanes) is 12. The van der Waals surface area contributed by atoms with Gasteiger partial charge in [-0.1, -0.05) is 101 Å². The Morgan fingerprint density at radius 1 is 0.463 bits per heavy atom. The van der Waals surface area contributed by atoms with Crippen molar-refractivity contribution in [1.82, 2.24) is 0 Å². The summed E-state index contributed by atoms with van der Waals surface area (Å²) >= 11 is 0. The van der Waals surface area contributed by atoms with Gasteiger partial charge in [-0.3, -0.25) is 0 Å². The summed E-state index contributed by atoms with van der Waals surface area (Å²) in [6.45, 7) is 0.529. The molecule has 237 valence electrons. The monoisotopic (exact) mass is 661 g/mol. The van der Waals surface area contributed by atoms with E-state index in [2.05, 4.69) is 0 Å². The van der Waals surface area contributed by atoms with Gasteiger partial charge in [-0.15, -0.1) is 0 Å². The third-order valence-corrected chi connectivity index (χ3v) is 8.57. The number of rotatable bonds is 20. The predicted molar refractivity (Wildman–Crippen MR) is 155 cm³/mol. The van der Waals surface area contributed by atoms with Gasteiger partial charge in [0.15, 0.2) is 0 Å². The van der Waals surface area contributed by atoms with E-state index in [0.717, 1.165) is 89.9 Å². The fraction of sp³-hybridized carbons (Fsp3) is 0.600. The first-order valence-electron chi connectivity index (χ1n) is 14.4. The van der Waals surface area contributed by atoms with Crippen LogP contribution in [0.3, 0.4) is 0 Å². The SMILES string of the molecule is O=S(=O)([O-])c1ccccc1CCCCCCCCCO.O=S(=O)([O-])c1ccccc1CCCCCCCCCO.[Cu+2]. The second-order valence-electron chi connectivity index (χ2n) is 10.0. The Hall–Kier alpha value is -1.30. The summed E-state index contributed by atoms with van der Waals surface area (Å²) in [5.74, 6) is 0. The maximum Gasteiger partial charge on any atom is 2.00 e. The van der Waals surface area contributed by atoms with Crippen LogP contribution in [0.4, 0.5) is 0 Å². The molecule has 0 aromatic heterocycles. The maximum atomic E-state index is 11.1. The van der Waals surface area contributed by atoms with Crippen molar-refractivity contribution in [2.75, 3.05) is 13.2 Å². The Balaban J connectivity index is 0.000000762. The Labute approximate surface area is 258 Å². The maximum absolute atomic E-state index is 11.1. The molecule has 2 rings (SSSR count). The molecule has 0 amide bonds. The van der Waals surface area contributed by atoms with Gasteiger partial charge in [-0.25, -0.2) is 16.8 Å². The van der Waals surface area contributed by atoms with E-state index in [1.165, 1.54) is 12.1 Å². The number of benzene rings is 2. The average molecular weight is 662 g/mol. The molecule has 0 saturated carbocycles. The van der Waals surface area contributed by atoms with E-state index in [1.807, 2.05) is 0 Å². The summed E-state index contributed by atoms with van der Waals surface area (Å²) in [6.07, 6.45) is 15.8. The second kappa shape index (κ2) is 23.2. The standard InChI is InChI=1S/2C15H24O4S.Cu/c2*16-13-9-5-3-1-2-4-6-10-14-11-7-8-12-15(14)20(17,18)19;/h2*7-8,11-12,16H,1-6,9-10,13H2,(H,17,18,19);/q;;+2/p-2. The van der Waals surface area contributed by atoms with Crippen molar-refractivity contribution < 1.29 is 53.2 Å². The van der Waals surface area contributed by atoms with Crippen LogP contribution in [0.2, 0.25) is 0 Å². The van der Waals surface area contributed by atoms with Crippen molar-refractivity contribution in [3.8, 4) is 0 Å². The van der Waals surface area contributed by atoms with E-state index >= 15 is 0 Å². The molecule has 0 aliphatic rings. The smallest absolute Gasteiger partial charge is 0.744 e. The zero-order valence-electron chi connectivity index (χ0n) is 23.8. The molecule has 0 saturated heterocycles. The van der Waals surface area contributed by atoms with Gasteiger partial charge in [-0.2, -0.15) is 0 Å². The predicted octanol–water partition coefficient (Wildman–Crippen LogP) is 5.71. The minimum atomic E-state index is -4.36. The fourth-order valence-electron chi connectivity index (χ4n) is 4.53. The second-order valence-corrected chi connectivity index (χ2v) is 12.7. The molecule has 0 atom stereocenters. The summed E-state index contributed by atoms with van der Waals surface area (Å²) in [4.78, 5) is -0.161. The number of aliphatic hydroxyl groups is 2. The summed E-state index contributed by atoms with van der Waals surface area (Å²) in [6, 6.07) is 12.9. The van der Waals surface area contributed by atoms with E-state index in [1.54, 1.807) is 36.4 Å². The van der Waals surface area contributed by atoms with Crippen LogP contribution in [-0.2, 0) is 50.1 Å². The summed E-state index contributed by atoms with van der Waals surface area (Å²) in [5.41, 5.74) is 1.26. The normalized spacial score (nSPS) is 11.4. The van der Waals surface area contributed by atoms with Crippen LogP contribution in [0.5, 0.6) is 0 Å². The number of aliphatic hydroxyl groups excluding tert-OH is 2. The van der Waals surface area contributed by atoms with E-state index in [9.17, 15) is 25.9 Å². The molecule has 11 heteroatoms. The molecule has 0 bridgehead atoms. The molecule has 0 aliphatic heterocycles. The minimum absolute atomic E-state index is 0. The Morgan fingerprint density at radius 3 is 1.02 bits per heavy atom. The summed E-state index contributed by atoms with van der Waals surface area (Å²) in [7, 11) is -8.73. The Bertz CT molecular complexity index is 1060. The third-order valence-electron chi connectivity index (χ3n) is 6.69. The van der Waals surface area contributed by atoms with Crippen LogP contribution in [-0.4, -0.2) is 49.4 Å². The summed E-state index contributed by atoms with van der Waals surface area (Å²) < 4.78 is 66.7.